The monoisotopic (exact) mass is 328 g/mol. The van der Waals surface area contributed by atoms with E-state index >= 15 is 0 Å². The number of fused-ring (bicyclic) bond motifs is 1. The summed E-state index contributed by atoms with van der Waals surface area (Å²) in [5.74, 6) is 1.63. The van der Waals surface area contributed by atoms with Crippen LogP contribution in [0, 0.1) is 0 Å². The van der Waals surface area contributed by atoms with Crippen LogP contribution in [0.15, 0.2) is 16.6 Å². The number of halogens is 1. The van der Waals surface area contributed by atoms with Crippen LogP contribution in [0.4, 0.5) is 0 Å². The molecule has 0 atom stereocenters. The number of hydrogen-bond donors (Lipinski definition) is 1. The molecule has 1 aliphatic rings. The molecule has 0 bridgehead atoms. The van der Waals surface area contributed by atoms with Crippen LogP contribution in [0.1, 0.15) is 19.4 Å². The second-order valence-electron chi connectivity index (χ2n) is 5.06. The molecule has 1 aliphatic heterocycles. The topological polar surface area (TPSA) is 33.7 Å². The zero-order valence-electron chi connectivity index (χ0n) is 11.7. The molecule has 0 radical (unpaired) electrons. The van der Waals surface area contributed by atoms with Gasteiger partial charge >= 0.3 is 0 Å². The lowest BCUT2D eigenvalue weighted by Gasteiger charge is -2.21. The average Bonchev–Trinajstić information content (AvgIpc) is 2.83. The van der Waals surface area contributed by atoms with E-state index in [4.69, 9.17) is 9.47 Å². The molecule has 0 amide bonds. The first-order valence-corrected chi connectivity index (χ1v) is 7.36. The molecule has 1 N–H and O–H groups in total. The van der Waals surface area contributed by atoms with E-state index in [1.54, 1.807) is 0 Å². The average molecular weight is 329 g/mol. The van der Waals surface area contributed by atoms with Crippen molar-refractivity contribution in [1.82, 2.24) is 10.2 Å². The van der Waals surface area contributed by atoms with Crippen LogP contribution >= 0.6 is 15.9 Å². The van der Waals surface area contributed by atoms with Gasteiger partial charge in [-0.05, 0) is 54.5 Å². The summed E-state index contributed by atoms with van der Waals surface area (Å²) in [6.45, 7) is 7.57. The predicted molar refractivity (Wildman–Crippen MR) is 79.7 cm³/mol. The summed E-state index contributed by atoms with van der Waals surface area (Å²) in [4.78, 5) is 2.32. The predicted octanol–water partition coefficient (Wildman–Crippen LogP) is 2.61. The Kier molecular flexibility index (Phi) is 5.07. The molecule has 106 valence electrons. The number of ether oxygens (including phenoxy) is 2. The third-order valence-electron chi connectivity index (χ3n) is 3.34. The van der Waals surface area contributed by atoms with Gasteiger partial charge in [0.15, 0.2) is 11.5 Å². The molecular formula is C14H21BrN2O2. The summed E-state index contributed by atoms with van der Waals surface area (Å²) in [5.41, 5.74) is 1.20. The maximum Gasteiger partial charge on any atom is 0.231 e. The van der Waals surface area contributed by atoms with Crippen molar-refractivity contribution in [2.24, 2.45) is 0 Å². The SMILES string of the molecule is CC(C)N(C)CCNCc1cc(Br)c2c(c1)OCO2. The zero-order chi connectivity index (χ0) is 13.8. The summed E-state index contributed by atoms with van der Waals surface area (Å²) >= 11 is 3.51. The summed E-state index contributed by atoms with van der Waals surface area (Å²) in [7, 11) is 2.14. The highest BCUT2D eigenvalue weighted by molar-refractivity contribution is 9.10. The molecule has 0 unspecified atom stereocenters. The normalized spacial score (nSPS) is 13.6. The van der Waals surface area contributed by atoms with Crippen LogP contribution in [0.25, 0.3) is 0 Å². The number of benzene rings is 1. The molecular weight excluding hydrogens is 308 g/mol. The molecule has 0 saturated heterocycles. The summed E-state index contributed by atoms with van der Waals surface area (Å²) in [6.07, 6.45) is 0. The molecule has 5 heteroatoms. The van der Waals surface area contributed by atoms with Gasteiger partial charge in [0.05, 0.1) is 4.47 Å². The summed E-state index contributed by atoms with van der Waals surface area (Å²) < 4.78 is 11.7. The Morgan fingerprint density at radius 2 is 2.16 bits per heavy atom. The highest BCUT2D eigenvalue weighted by atomic mass is 79.9. The van der Waals surface area contributed by atoms with Crippen LogP contribution in [0.5, 0.6) is 11.5 Å². The fourth-order valence-corrected chi connectivity index (χ4v) is 2.47. The van der Waals surface area contributed by atoms with E-state index in [9.17, 15) is 0 Å². The maximum absolute atomic E-state index is 5.41. The van der Waals surface area contributed by atoms with Gasteiger partial charge in [-0.15, -0.1) is 0 Å². The van der Waals surface area contributed by atoms with E-state index in [-0.39, 0.29) is 0 Å². The van der Waals surface area contributed by atoms with Gasteiger partial charge in [0.25, 0.3) is 0 Å². The maximum atomic E-state index is 5.41. The first-order valence-electron chi connectivity index (χ1n) is 6.57. The zero-order valence-corrected chi connectivity index (χ0v) is 13.3. The van der Waals surface area contributed by atoms with E-state index in [2.05, 4.69) is 53.1 Å². The van der Waals surface area contributed by atoms with Crippen molar-refractivity contribution in [3.05, 3.63) is 22.2 Å². The lowest BCUT2D eigenvalue weighted by atomic mass is 10.2. The Bertz CT molecular complexity index is 438. The molecule has 1 aromatic rings. The lowest BCUT2D eigenvalue weighted by molar-refractivity contribution is 0.173. The van der Waals surface area contributed by atoms with Crippen LogP contribution in [-0.4, -0.2) is 37.9 Å². The van der Waals surface area contributed by atoms with Crippen molar-refractivity contribution >= 4 is 15.9 Å². The first-order chi connectivity index (χ1) is 9.08. The molecule has 1 aromatic carbocycles. The quantitative estimate of drug-likeness (QED) is 0.814. The van der Waals surface area contributed by atoms with E-state index in [1.165, 1.54) is 5.56 Å². The van der Waals surface area contributed by atoms with Crippen LogP contribution in [0.2, 0.25) is 0 Å². The van der Waals surface area contributed by atoms with Crippen molar-refractivity contribution in [2.75, 3.05) is 26.9 Å². The minimum atomic E-state index is 0.310. The van der Waals surface area contributed by atoms with Crippen molar-refractivity contribution in [3.63, 3.8) is 0 Å². The van der Waals surface area contributed by atoms with Gasteiger partial charge in [0.2, 0.25) is 6.79 Å². The number of nitrogens with one attached hydrogen (secondary N) is 1. The Morgan fingerprint density at radius 3 is 2.89 bits per heavy atom. The molecule has 0 saturated carbocycles. The van der Waals surface area contributed by atoms with Gasteiger partial charge < -0.3 is 19.7 Å². The highest BCUT2D eigenvalue weighted by Crippen LogP contribution is 2.39. The van der Waals surface area contributed by atoms with E-state index in [0.29, 0.717) is 12.8 Å². The van der Waals surface area contributed by atoms with E-state index in [1.807, 2.05) is 6.07 Å². The van der Waals surface area contributed by atoms with Gasteiger partial charge in [0.1, 0.15) is 0 Å². The third kappa shape index (κ3) is 3.84. The Labute approximate surface area is 123 Å². The second kappa shape index (κ2) is 6.59. The van der Waals surface area contributed by atoms with Gasteiger partial charge in [0, 0.05) is 25.7 Å². The second-order valence-corrected chi connectivity index (χ2v) is 5.92. The van der Waals surface area contributed by atoms with Gasteiger partial charge in [-0.2, -0.15) is 0 Å². The third-order valence-corrected chi connectivity index (χ3v) is 3.93. The molecule has 0 aliphatic carbocycles. The molecule has 1 heterocycles. The minimum absolute atomic E-state index is 0.310. The Morgan fingerprint density at radius 1 is 1.37 bits per heavy atom. The largest absolute Gasteiger partial charge is 0.454 e. The van der Waals surface area contributed by atoms with Gasteiger partial charge in [-0.1, -0.05) is 0 Å². The standard InChI is InChI=1S/C14H21BrN2O2/c1-10(2)17(3)5-4-16-8-11-6-12(15)14-13(7-11)18-9-19-14/h6-7,10,16H,4-5,8-9H2,1-3H3. The van der Waals surface area contributed by atoms with Crippen LogP contribution < -0.4 is 14.8 Å². The lowest BCUT2D eigenvalue weighted by Crippen LogP contribution is -2.33. The molecule has 19 heavy (non-hydrogen) atoms. The summed E-state index contributed by atoms with van der Waals surface area (Å²) in [6, 6.07) is 4.69. The van der Waals surface area contributed by atoms with E-state index < -0.39 is 0 Å². The molecule has 4 nitrogen and oxygen atoms in total. The smallest absolute Gasteiger partial charge is 0.231 e. The fourth-order valence-electron chi connectivity index (χ4n) is 1.87. The van der Waals surface area contributed by atoms with Crippen molar-refractivity contribution in [3.8, 4) is 11.5 Å². The van der Waals surface area contributed by atoms with Gasteiger partial charge in [-0.25, -0.2) is 0 Å². The molecule has 2 rings (SSSR count). The summed E-state index contributed by atoms with van der Waals surface area (Å²) in [5, 5.41) is 3.45. The van der Waals surface area contributed by atoms with Crippen LogP contribution in [0.3, 0.4) is 0 Å². The molecule has 0 spiro atoms. The number of hydrogen-bond acceptors (Lipinski definition) is 4. The first kappa shape index (κ1) is 14.6. The number of likely N-dealkylation sites (N-methyl/N-ethyl adjacent to an activating group) is 1. The molecule has 0 aromatic heterocycles. The fraction of sp³-hybridized carbons (Fsp3) is 0.571. The van der Waals surface area contributed by atoms with Crippen molar-refractivity contribution < 1.29 is 9.47 Å². The van der Waals surface area contributed by atoms with Crippen LogP contribution in [-0.2, 0) is 6.54 Å². The Balaban J connectivity index is 1.82. The number of nitrogens with zero attached hydrogens (tertiary/aromatic N) is 1. The highest BCUT2D eigenvalue weighted by Gasteiger charge is 2.17. The number of rotatable bonds is 6. The van der Waals surface area contributed by atoms with Gasteiger partial charge in [-0.3, -0.25) is 0 Å². The Hall–Kier alpha value is -0.780. The van der Waals surface area contributed by atoms with Crippen molar-refractivity contribution in [1.29, 1.82) is 0 Å². The molecule has 0 fully saturated rings. The van der Waals surface area contributed by atoms with Crippen molar-refractivity contribution in [2.45, 2.75) is 26.4 Å². The van der Waals surface area contributed by atoms with E-state index in [0.717, 1.165) is 35.6 Å². The minimum Gasteiger partial charge on any atom is -0.454 e.